The number of sulfone groups is 1. The number of anilines is 1. The number of benzene rings is 2. The molecule has 1 atom stereocenters. The molecule has 2 heterocycles. The molecule has 0 aliphatic carbocycles. The van der Waals surface area contributed by atoms with E-state index in [2.05, 4.69) is 5.32 Å². The second-order valence-electron chi connectivity index (χ2n) is 6.49. The van der Waals surface area contributed by atoms with Gasteiger partial charge in [0.1, 0.15) is 16.5 Å². The molecule has 29 heavy (non-hydrogen) atoms. The van der Waals surface area contributed by atoms with E-state index in [1.54, 1.807) is 12.1 Å². The first-order valence-electron chi connectivity index (χ1n) is 8.56. The van der Waals surface area contributed by atoms with Crippen LogP contribution < -0.4 is 10.1 Å². The van der Waals surface area contributed by atoms with E-state index in [1.165, 1.54) is 54.2 Å². The van der Waals surface area contributed by atoms with E-state index in [9.17, 15) is 17.6 Å². The fourth-order valence-electron chi connectivity index (χ4n) is 3.32. The van der Waals surface area contributed by atoms with E-state index >= 15 is 0 Å². The van der Waals surface area contributed by atoms with Gasteiger partial charge in [-0.15, -0.1) is 11.3 Å². The second-order valence-corrected chi connectivity index (χ2v) is 9.75. The minimum atomic E-state index is -3.89. The first-order chi connectivity index (χ1) is 13.8. The Balaban J connectivity index is 1.82. The van der Waals surface area contributed by atoms with Crippen molar-refractivity contribution in [2.45, 2.75) is 22.1 Å². The zero-order valence-corrected chi connectivity index (χ0v) is 17.5. The van der Waals surface area contributed by atoms with Gasteiger partial charge in [0.15, 0.2) is 0 Å². The van der Waals surface area contributed by atoms with Crippen molar-refractivity contribution < 1.29 is 22.3 Å². The Morgan fingerprint density at radius 1 is 1.21 bits per heavy atom. The number of carbonyl (C=O) groups is 1. The van der Waals surface area contributed by atoms with E-state index in [-0.39, 0.29) is 33.4 Å². The lowest BCUT2D eigenvalue weighted by molar-refractivity contribution is -0.116. The molecule has 1 aromatic heterocycles. The van der Waals surface area contributed by atoms with Gasteiger partial charge in [0.05, 0.1) is 17.7 Å². The van der Waals surface area contributed by atoms with Gasteiger partial charge in [0.25, 0.3) is 0 Å². The Labute approximate surface area is 176 Å². The van der Waals surface area contributed by atoms with Gasteiger partial charge in [0.2, 0.25) is 15.7 Å². The summed E-state index contributed by atoms with van der Waals surface area (Å²) in [6.45, 7) is 0. The molecule has 0 radical (unpaired) electrons. The lowest BCUT2D eigenvalue weighted by Crippen LogP contribution is -2.24. The third-order valence-corrected chi connectivity index (χ3v) is 8.02. The average Bonchev–Trinajstić information content (AvgIpc) is 3.14. The molecule has 2 aromatic carbocycles. The maximum Gasteiger partial charge on any atom is 0.225 e. The van der Waals surface area contributed by atoms with Gasteiger partial charge < -0.3 is 10.1 Å². The van der Waals surface area contributed by atoms with Gasteiger partial charge in [-0.1, -0.05) is 11.6 Å². The minimum Gasteiger partial charge on any atom is -0.497 e. The second kappa shape index (κ2) is 7.44. The summed E-state index contributed by atoms with van der Waals surface area (Å²) < 4.78 is 45.8. The van der Waals surface area contributed by atoms with Crippen LogP contribution in [0, 0.1) is 5.82 Å². The fourth-order valence-corrected chi connectivity index (χ4v) is 6.40. The molecule has 0 saturated carbocycles. The normalized spacial score (nSPS) is 16.2. The molecule has 5 nitrogen and oxygen atoms in total. The third-order valence-electron chi connectivity index (χ3n) is 4.75. The molecule has 150 valence electrons. The van der Waals surface area contributed by atoms with Crippen molar-refractivity contribution in [1.29, 1.82) is 0 Å². The molecule has 1 N–H and O–H groups in total. The maximum atomic E-state index is 14.4. The minimum absolute atomic E-state index is 0.00675. The van der Waals surface area contributed by atoms with Crippen molar-refractivity contribution in [3.8, 4) is 5.75 Å². The van der Waals surface area contributed by atoms with Crippen LogP contribution in [0.4, 0.5) is 10.1 Å². The number of amides is 1. The van der Waals surface area contributed by atoms with Crippen molar-refractivity contribution in [3.05, 3.63) is 69.1 Å². The standard InChI is InChI=1S/C20H15ClFNO4S2/c1-27-12-3-5-13(6-4-12)29(25,26)17-10-28-20-15(9-18(24)23-19(17)20)14-8-11(21)2-7-16(14)22/h2-8,10,15H,9H2,1H3,(H,23,24)/t15-/m0/s1. The smallest absolute Gasteiger partial charge is 0.225 e. The molecule has 0 unspecified atom stereocenters. The van der Waals surface area contributed by atoms with Gasteiger partial charge in [-0.3, -0.25) is 4.79 Å². The molecule has 3 aromatic rings. The zero-order chi connectivity index (χ0) is 20.8. The molecular weight excluding hydrogens is 437 g/mol. The van der Waals surface area contributed by atoms with Crippen LogP contribution in [0.3, 0.4) is 0 Å². The van der Waals surface area contributed by atoms with Crippen LogP contribution >= 0.6 is 22.9 Å². The number of thiophene rings is 1. The van der Waals surface area contributed by atoms with Crippen LogP contribution in [-0.4, -0.2) is 21.4 Å². The van der Waals surface area contributed by atoms with Gasteiger partial charge in [-0.25, -0.2) is 12.8 Å². The van der Waals surface area contributed by atoms with Gasteiger partial charge >= 0.3 is 0 Å². The molecule has 4 rings (SSSR count). The van der Waals surface area contributed by atoms with Crippen LogP contribution in [0.25, 0.3) is 0 Å². The Kier molecular flexibility index (Phi) is 5.10. The van der Waals surface area contributed by atoms with Crippen molar-refractivity contribution >= 4 is 44.4 Å². The Morgan fingerprint density at radius 3 is 2.62 bits per heavy atom. The summed E-state index contributed by atoms with van der Waals surface area (Å²) in [6.07, 6.45) is 0.00675. The van der Waals surface area contributed by atoms with Crippen LogP contribution in [0.1, 0.15) is 22.8 Å². The first kappa shape index (κ1) is 19.9. The summed E-state index contributed by atoms with van der Waals surface area (Å²) in [7, 11) is -2.40. The summed E-state index contributed by atoms with van der Waals surface area (Å²) >= 11 is 7.18. The highest BCUT2D eigenvalue weighted by atomic mass is 35.5. The molecule has 9 heteroatoms. The largest absolute Gasteiger partial charge is 0.497 e. The van der Waals surface area contributed by atoms with E-state index in [0.717, 1.165) is 0 Å². The summed E-state index contributed by atoms with van der Waals surface area (Å²) in [5.41, 5.74) is 0.468. The molecule has 0 bridgehead atoms. The first-order valence-corrected chi connectivity index (χ1v) is 11.3. The van der Waals surface area contributed by atoms with E-state index in [1.807, 2.05) is 0 Å². The Morgan fingerprint density at radius 2 is 1.93 bits per heavy atom. The lowest BCUT2D eigenvalue weighted by Gasteiger charge is -2.24. The topological polar surface area (TPSA) is 72.5 Å². The number of methoxy groups -OCH3 is 1. The Bertz CT molecular complexity index is 1210. The summed E-state index contributed by atoms with van der Waals surface area (Å²) in [6, 6.07) is 10.1. The molecule has 0 spiro atoms. The lowest BCUT2D eigenvalue weighted by atomic mass is 9.90. The van der Waals surface area contributed by atoms with Crippen molar-refractivity contribution in [2.75, 3.05) is 12.4 Å². The quantitative estimate of drug-likeness (QED) is 0.615. The van der Waals surface area contributed by atoms with E-state index in [0.29, 0.717) is 15.6 Å². The molecule has 1 aliphatic rings. The highest BCUT2D eigenvalue weighted by molar-refractivity contribution is 7.91. The number of nitrogens with one attached hydrogen (secondary N) is 1. The molecule has 0 saturated heterocycles. The predicted molar refractivity (Wildman–Crippen MR) is 109 cm³/mol. The zero-order valence-electron chi connectivity index (χ0n) is 15.1. The van der Waals surface area contributed by atoms with E-state index < -0.39 is 21.6 Å². The van der Waals surface area contributed by atoms with Crippen molar-refractivity contribution in [1.82, 2.24) is 0 Å². The summed E-state index contributed by atoms with van der Waals surface area (Å²) in [5, 5.41) is 4.47. The average molecular weight is 452 g/mol. The highest BCUT2D eigenvalue weighted by Gasteiger charge is 2.35. The highest BCUT2D eigenvalue weighted by Crippen LogP contribution is 2.46. The SMILES string of the molecule is COc1ccc(S(=O)(=O)c2csc3c2NC(=O)C[C@H]3c2cc(Cl)ccc2F)cc1. The maximum absolute atomic E-state index is 14.4. The molecule has 0 fully saturated rings. The molecule has 1 amide bonds. The number of hydrogen-bond donors (Lipinski definition) is 1. The number of ether oxygens (including phenoxy) is 1. The monoisotopic (exact) mass is 451 g/mol. The number of halogens is 2. The number of rotatable bonds is 4. The van der Waals surface area contributed by atoms with Crippen LogP contribution in [-0.2, 0) is 14.6 Å². The summed E-state index contributed by atoms with van der Waals surface area (Å²) in [4.78, 5) is 13.0. The Hall–Kier alpha value is -2.42. The van der Waals surface area contributed by atoms with Crippen LogP contribution in [0.15, 0.2) is 57.6 Å². The van der Waals surface area contributed by atoms with Gasteiger partial charge in [-0.2, -0.15) is 0 Å². The number of fused-ring (bicyclic) bond motifs is 1. The van der Waals surface area contributed by atoms with Crippen molar-refractivity contribution in [2.24, 2.45) is 0 Å². The fraction of sp³-hybridized carbons (Fsp3) is 0.150. The van der Waals surface area contributed by atoms with Crippen molar-refractivity contribution in [3.63, 3.8) is 0 Å². The van der Waals surface area contributed by atoms with Crippen LogP contribution in [0.2, 0.25) is 5.02 Å². The summed E-state index contributed by atoms with van der Waals surface area (Å²) in [5.74, 6) is -0.956. The molecule has 1 aliphatic heterocycles. The predicted octanol–water partition coefficient (Wildman–Crippen LogP) is 4.86. The number of carbonyl (C=O) groups excluding carboxylic acids is 1. The molecular formula is C20H15ClFNO4S2. The number of hydrogen-bond acceptors (Lipinski definition) is 5. The van der Waals surface area contributed by atoms with Gasteiger partial charge in [0, 0.05) is 27.6 Å². The van der Waals surface area contributed by atoms with E-state index in [4.69, 9.17) is 16.3 Å². The van der Waals surface area contributed by atoms with Crippen LogP contribution in [0.5, 0.6) is 5.75 Å². The third kappa shape index (κ3) is 3.52. The van der Waals surface area contributed by atoms with Gasteiger partial charge in [-0.05, 0) is 48.0 Å².